The number of nitrogens with zero attached hydrogens (tertiary/aromatic N) is 2. The van der Waals surface area contributed by atoms with Crippen LogP contribution in [0.3, 0.4) is 0 Å². The van der Waals surface area contributed by atoms with Crippen molar-refractivity contribution in [3.63, 3.8) is 0 Å². The normalized spacial score (nSPS) is 24.8. The van der Waals surface area contributed by atoms with Crippen LogP contribution >= 0.6 is 0 Å². The topological polar surface area (TPSA) is 70.1 Å². The molecular weight excluding hydrogens is 320 g/mol. The Balaban J connectivity index is 1.58. The molecule has 0 aromatic heterocycles. The lowest BCUT2D eigenvalue weighted by atomic mass is 10.0. The number of carbonyl (C=O) groups is 2. The molecule has 0 spiro atoms. The molecule has 1 N–H and O–H groups in total. The molecule has 134 valence electrons. The number of ether oxygens (including phenoxy) is 1. The zero-order valence-electron chi connectivity index (χ0n) is 14.4. The van der Waals surface area contributed by atoms with Crippen molar-refractivity contribution in [3.8, 4) is 0 Å². The lowest BCUT2D eigenvalue weighted by Crippen LogP contribution is -2.47. The number of morpholine rings is 1. The molecule has 2 fully saturated rings. The molecule has 3 rings (SSSR count). The SMILES string of the molecule is CC1CN(C(=O)/C=C/c2ccc(C(=O)O)cc2)CC1N1CCOCC1. The summed E-state index contributed by atoms with van der Waals surface area (Å²) in [5, 5.41) is 8.90. The number of carboxylic acids is 1. The van der Waals surface area contributed by atoms with Crippen molar-refractivity contribution in [1.82, 2.24) is 9.80 Å². The molecule has 0 bridgehead atoms. The molecular formula is C19H24N2O4. The van der Waals surface area contributed by atoms with Gasteiger partial charge in [0.25, 0.3) is 0 Å². The highest BCUT2D eigenvalue weighted by molar-refractivity contribution is 5.92. The first kappa shape index (κ1) is 17.6. The zero-order chi connectivity index (χ0) is 17.8. The summed E-state index contributed by atoms with van der Waals surface area (Å²) in [6.45, 7) is 7.12. The van der Waals surface area contributed by atoms with Crippen LogP contribution in [0.25, 0.3) is 6.08 Å². The average molecular weight is 344 g/mol. The second-order valence-corrected chi connectivity index (χ2v) is 6.70. The highest BCUT2D eigenvalue weighted by atomic mass is 16.5. The fraction of sp³-hybridized carbons (Fsp3) is 0.474. The number of likely N-dealkylation sites (tertiary alicyclic amines) is 1. The minimum atomic E-state index is -0.952. The van der Waals surface area contributed by atoms with E-state index < -0.39 is 5.97 Å². The van der Waals surface area contributed by atoms with E-state index in [4.69, 9.17) is 9.84 Å². The van der Waals surface area contributed by atoms with Gasteiger partial charge < -0.3 is 14.7 Å². The van der Waals surface area contributed by atoms with Gasteiger partial charge in [-0.15, -0.1) is 0 Å². The van der Waals surface area contributed by atoms with Gasteiger partial charge in [0, 0.05) is 38.3 Å². The van der Waals surface area contributed by atoms with Gasteiger partial charge in [0.05, 0.1) is 18.8 Å². The molecule has 1 aromatic rings. The number of rotatable bonds is 4. The summed E-state index contributed by atoms with van der Waals surface area (Å²) in [6, 6.07) is 6.89. The summed E-state index contributed by atoms with van der Waals surface area (Å²) in [4.78, 5) is 27.6. The van der Waals surface area contributed by atoms with E-state index in [0.29, 0.717) is 12.0 Å². The van der Waals surface area contributed by atoms with E-state index in [1.165, 1.54) is 0 Å². The Morgan fingerprint density at radius 1 is 1.16 bits per heavy atom. The molecule has 0 aliphatic carbocycles. The molecule has 2 saturated heterocycles. The van der Waals surface area contributed by atoms with E-state index >= 15 is 0 Å². The van der Waals surface area contributed by atoms with E-state index in [0.717, 1.165) is 45.0 Å². The van der Waals surface area contributed by atoms with Crippen LogP contribution in [-0.2, 0) is 9.53 Å². The molecule has 2 heterocycles. The van der Waals surface area contributed by atoms with Crippen LogP contribution in [0.15, 0.2) is 30.3 Å². The summed E-state index contributed by atoms with van der Waals surface area (Å²) in [5.41, 5.74) is 1.06. The van der Waals surface area contributed by atoms with E-state index in [1.54, 1.807) is 36.4 Å². The first-order valence-electron chi connectivity index (χ1n) is 8.67. The fourth-order valence-corrected chi connectivity index (χ4v) is 3.52. The van der Waals surface area contributed by atoms with Gasteiger partial charge in [-0.05, 0) is 29.7 Å². The van der Waals surface area contributed by atoms with Crippen LogP contribution < -0.4 is 0 Å². The van der Waals surface area contributed by atoms with Gasteiger partial charge in [-0.25, -0.2) is 4.79 Å². The third kappa shape index (κ3) is 4.27. The Labute approximate surface area is 147 Å². The van der Waals surface area contributed by atoms with Gasteiger partial charge in [-0.3, -0.25) is 9.69 Å². The molecule has 0 saturated carbocycles. The number of hydrogen-bond donors (Lipinski definition) is 1. The summed E-state index contributed by atoms with van der Waals surface area (Å²) >= 11 is 0. The van der Waals surface area contributed by atoms with Crippen LogP contribution in [0.2, 0.25) is 0 Å². The third-order valence-electron chi connectivity index (χ3n) is 4.98. The number of hydrogen-bond acceptors (Lipinski definition) is 4. The summed E-state index contributed by atoms with van der Waals surface area (Å²) in [5.74, 6) is -0.498. The Morgan fingerprint density at radius 3 is 2.48 bits per heavy atom. The minimum Gasteiger partial charge on any atom is -0.478 e. The highest BCUT2D eigenvalue weighted by Crippen LogP contribution is 2.23. The average Bonchev–Trinajstić information content (AvgIpc) is 3.02. The smallest absolute Gasteiger partial charge is 0.335 e. The number of aromatic carboxylic acids is 1. The summed E-state index contributed by atoms with van der Waals surface area (Å²) in [7, 11) is 0. The second-order valence-electron chi connectivity index (χ2n) is 6.70. The number of carboxylic acid groups (broad SMARTS) is 1. The second kappa shape index (κ2) is 7.80. The Kier molecular flexibility index (Phi) is 5.50. The van der Waals surface area contributed by atoms with Crippen molar-refractivity contribution >= 4 is 18.0 Å². The van der Waals surface area contributed by atoms with Crippen molar-refractivity contribution < 1.29 is 19.4 Å². The van der Waals surface area contributed by atoms with Gasteiger partial charge in [-0.1, -0.05) is 19.1 Å². The monoisotopic (exact) mass is 344 g/mol. The van der Waals surface area contributed by atoms with Gasteiger partial charge in [-0.2, -0.15) is 0 Å². The molecule has 2 unspecified atom stereocenters. The standard InChI is InChI=1S/C19H24N2O4/c1-14-12-21(13-17(14)20-8-10-25-11-9-20)18(22)7-4-15-2-5-16(6-3-15)19(23)24/h2-7,14,17H,8-13H2,1H3,(H,23,24)/b7-4+. The Hall–Kier alpha value is -2.18. The summed E-state index contributed by atoms with van der Waals surface area (Å²) < 4.78 is 5.41. The lowest BCUT2D eigenvalue weighted by molar-refractivity contribution is -0.125. The van der Waals surface area contributed by atoms with E-state index in [9.17, 15) is 9.59 Å². The van der Waals surface area contributed by atoms with Crippen LogP contribution in [0.5, 0.6) is 0 Å². The largest absolute Gasteiger partial charge is 0.478 e. The van der Waals surface area contributed by atoms with Gasteiger partial charge >= 0.3 is 5.97 Å². The minimum absolute atomic E-state index is 0.00456. The Bertz CT molecular complexity index is 650. The van der Waals surface area contributed by atoms with Gasteiger partial charge in [0.2, 0.25) is 5.91 Å². The maximum absolute atomic E-state index is 12.5. The highest BCUT2D eigenvalue weighted by Gasteiger charge is 2.35. The van der Waals surface area contributed by atoms with E-state index in [1.807, 2.05) is 4.90 Å². The molecule has 2 aliphatic rings. The molecule has 6 nitrogen and oxygen atoms in total. The molecule has 25 heavy (non-hydrogen) atoms. The predicted octanol–water partition coefficient (Wildman–Crippen LogP) is 1.58. The van der Waals surface area contributed by atoms with Gasteiger partial charge in [0.15, 0.2) is 0 Å². The first-order chi connectivity index (χ1) is 12.0. The molecule has 0 radical (unpaired) electrons. The van der Waals surface area contributed by atoms with Crippen molar-refractivity contribution in [3.05, 3.63) is 41.5 Å². The van der Waals surface area contributed by atoms with Crippen molar-refractivity contribution in [2.45, 2.75) is 13.0 Å². The van der Waals surface area contributed by atoms with Crippen molar-refractivity contribution in [2.75, 3.05) is 39.4 Å². The zero-order valence-corrected chi connectivity index (χ0v) is 14.4. The van der Waals surface area contributed by atoms with Crippen LogP contribution in [0.4, 0.5) is 0 Å². The molecule has 2 atom stereocenters. The predicted molar refractivity (Wildman–Crippen MR) is 94.4 cm³/mol. The molecule has 1 aromatic carbocycles. The van der Waals surface area contributed by atoms with Crippen molar-refractivity contribution in [2.24, 2.45) is 5.92 Å². The number of amides is 1. The van der Waals surface area contributed by atoms with Crippen molar-refractivity contribution in [1.29, 1.82) is 0 Å². The first-order valence-corrected chi connectivity index (χ1v) is 8.67. The van der Waals surface area contributed by atoms with Crippen LogP contribution in [0.1, 0.15) is 22.8 Å². The lowest BCUT2D eigenvalue weighted by Gasteiger charge is -2.33. The molecule has 1 amide bonds. The maximum Gasteiger partial charge on any atom is 0.335 e. The fourth-order valence-electron chi connectivity index (χ4n) is 3.52. The van der Waals surface area contributed by atoms with Crippen LogP contribution in [-0.4, -0.2) is 72.2 Å². The quantitative estimate of drug-likeness (QED) is 0.840. The van der Waals surface area contributed by atoms with E-state index in [-0.39, 0.29) is 11.5 Å². The molecule has 2 aliphatic heterocycles. The summed E-state index contributed by atoms with van der Waals surface area (Å²) in [6.07, 6.45) is 3.31. The van der Waals surface area contributed by atoms with Crippen LogP contribution in [0, 0.1) is 5.92 Å². The Morgan fingerprint density at radius 2 is 1.84 bits per heavy atom. The number of carbonyl (C=O) groups excluding carboxylic acids is 1. The maximum atomic E-state index is 12.5. The third-order valence-corrected chi connectivity index (χ3v) is 4.98. The van der Waals surface area contributed by atoms with E-state index in [2.05, 4.69) is 11.8 Å². The molecule has 6 heteroatoms. The van der Waals surface area contributed by atoms with Gasteiger partial charge in [0.1, 0.15) is 0 Å². The number of benzene rings is 1.